The zero-order valence-corrected chi connectivity index (χ0v) is 11.8. The van der Waals surface area contributed by atoms with Gasteiger partial charge in [0.15, 0.2) is 0 Å². The molecular formula is C13H22N2O4. The smallest absolute Gasteiger partial charge is 0.411 e. The molecule has 2 saturated heterocycles. The lowest BCUT2D eigenvalue weighted by molar-refractivity contribution is -0.144. The van der Waals surface area contributed by atoms with E-state index in [0.29, 0.717) is 25.7 Å². The van der Waals surface area contributed by atoms with E-state index in [1.54, 1.807) is 4.90 Å². The van der Waals surface area contributed by atoms with Crippen LogP contribution in [-0.2, 0) is 9.53 Å². The Morgan fingerprint density at radius 1 is 1.21 bits per heavy atom. The number of carboxylic acids is 1. The molecule has 2 aliphatic rings. The van der Waals surface area contributed by atoms with Gasteiger partial charge in [-0.2, -0.15) is 0 Å². The minimum absolute atomic E-state index is 0.291. The molecule has 2 heterocycles. The van der Waals surface area contributed by atoms with Gasteiger partial charge in [0.2, 0.25) is 0 Å². The van der Waals surface area contributed by atoms with Gasteiger partial charge < -0.3 is 9.84 Å². The van der Waals surface area contributed by atoms with E-state index in [-0.39, 0.29) is 6.09 Å². The summed E-state index contributed by atoms with van der Waals surface area (Å²) in [5.74, 6) is -0.798. The number of carbonyl (C=O) groups is 2. The highest BCUT2D eigenvalue weighted by molar-refractivity contribution is 5.74. The first kappa shape index (κ1) is 14.1. The van der Waals surface area contributed by atoms with Crippen molar-refractivity contribution >= 4 is 12.1 Å². The van der Waals surface area contributed by atoms with Crippen LogP contribution in [0.3, 0.4) is 0 Å². The molecule has 19 heavy (non-hydrogen) atoms. The zero-order chi connectivity index (χ0) is 14.2. The van der Waals surface area contributed by atoms with Crippen LogP contribution in [-0.4, -0.2) is 57.9 Å². The maximum Gasteiger partial charge on any atom is 0.411 e. The maximum atomic E-state index is 12.0. The Hall–Kier alpha value is -1.30. The molecule has 0 radical (unpaired) electrons. The van der Waals surface area contributed by atoms with E-state index in [4.69, 9.17) is 4.74 Å². The van der Waals surface area contributed by atoms with Crippen molar-refractivity contribution in [2.45, 2.75) is 57.7 Å². The van der Waals surface area contributed by atoms with Crippen LogP contribution >= 0.6 is 0 Å². The van der Waals surface area contributed by atoms with E-state index in [9.17, 15) is 14.7 Å². The molecule has 0 unspecified atom stereocenters. The number of rotatable bonds is 1. The van der Waals surface area contributed by atoms with Gasteiger partial charge in [-0.15, -0.1) is 0 Å². The summed E-state index contributed by atoms with van der Waals surface area (Å²) < 4.78 is 5.33. The van der Waals surface area contributed by atoms with Crippen molar-refractivity contribution in [1.82, 2.24) is 9.80 Å². The number of nitrogens with zero attached hydrogens (tertiary/aromatic N) is 2. The number of hydrogen-bond acceptors (Lipinski definition) is 4. The first-order valence-corrected chi connectivity index (χ1v) is 6.74. The summed E-state index contributed by atoms with van der Waals surface area (Å²) in [4.78, 5) is 26.7. The molecule has 2 atom stereocenters. The van der Waals surface area contributed by atoms with Crippen LogP contribution in [0.2, 0.25) is 0 Å². The number of fused-ring (bicyclic) bond motifs is 1. The summed E-state index contributed by atoms with van der Waals surface area (Å²) in [5.41, 5.74) is -0.523. The van der Waals surface area contributed by atoms with Gasteiger partial charge in [-0.3, -0.25) is 14.6 Å². The molecule has 0 saturated carbocycles. The van der Waals surface area contributed by atoms with E-state index in [2.05, 4.69) is 0 Å². The third-order valence-electron chi connectivity index (χ3n) is 3.65. The minimum atomic E-state index is -0.798. The van der Waals surface area contributed by atoms with Gasteiger partial charge in [-0.1, -0.05) is 0 Å². The molecule has 6 nitrogen and oxygen atoms in total. The number of carbonyl (C=O) groups excluding carboxylic acids is 1. The van der Waals surface area contributed by atoms with Crippen LogP contribution in [0.5, 0.6) is 0 Å². The van der Waals surface area contributed by atoms with Crippen LogP contribution in [0.4, 0.5) is 4.79 Å². The van der Waals surface area contributed by atoms with Crippen molar-refractivity contribution < 1.29 is 19.4 Å². The summed E-state index contributed by atoms with van der Waals surface area (Å²) >= 11 is 0. The predicted molar refractivity (Wildman–Crippen MR) is 68.7 cm³/mol. The zero-order valence-electron chi connectivity index (χ0n) is 11.8. The SMILES string of the molecule is CC(C)(C)OC(=O)N1CC[C@@H]2CC[C@@H](C(=O)O)N2C1. The van der Waals surface area contributed by atoms with Crippen molar-refractivity contribution in [2.24, 2.45) is 0 Å². The van der Waals surface area contributed by atoms with E-state index in [1.807, 2.05) is 25.7 Å². The summed E-state index contributed by atoms with van der Waals surface area (Å²) in [6.07, 6.45) is 2.03. The Morgan fingerprint density at radius 3 is 2.47 bits per heavy atom. The van der Waals surface area contributed by atoms with Crippen LogP contribution in [0.25, 0.3) is 0 Å². The lowest BCUT2D eigenvalue weighted by atomic mass is 10.1. The molecular weight excluding hydrogens is 248 g/mol. The number of hydrogen-bond donors (Lipinski definition) is 1. The molecule has 2 aliphatic heterocycles. The molecule has 0 aliphatic carbocycles. The minimum Gasteiger partial charge on any atom is -0.480 e. The van der Waals surface area contributed by atoms with Crippen LogP contribution in [0.1, 0.15) is 40.0 Å². The number of ether oxygens (including phenoxy) is 1. The molecule has 1 N–H and O–H groups in total. The molecule has 0 spiro atoms. The lowest BCUT2D eigenvalue weighted by Crippen LogP contribution is -2.54. The third-order valence-corrected chi connectivity index (χ3v) is 3.65. The van der Waals surface area contributed by atoms with Gasteiger partial charge in [-0.05, 0) is 40.0 Å². The van der Waals surface area contributed by atoms with Gasteiger partial charge in [-0.25, -0.2) is 4.79 Å². The third kappa shape index (κ3) is 3.18. The Morgan fingerprint density at radius 2 is 1.89 bits per heavy atom. The fourth-order valence-electron chi connectivity index (χ4n) is 2.77. The average molecular weight is 270 g/mol. The van der Waals surface area contributed by atoms with E-state index >= 15 is 0 Å². The second-order valence-electron chi connectivity index (χ2n) is 6.27. The second-order valence-corrected chi connectivity index (χ2v) is 6.27. The first-order valence-electron chi connectivity index (χ1n) is 6.74. The molecule has 1 amide bonds. The van der Waals surface area contributed by atoms with E-state index in [0.717, 1.165) is 12.8 Å². The second kappa shape index (κ2) is 5.00. The first-order chi connectivity index (χ1) is 8.78. The standard InChI is InChI=1S/C13H22N2O4/c1-13(2,3)19-12(18)14-7-6-9-4-5-10(11(16)17)15(9)8-14/h9-10H,4-8H2,1-3H3,(H,16,17)/t9-,10-/m0/s1. The van der Waals surface area contributed by atoms with Gasteiger partial charge in [0.1, 0.15) is 11.6 Å². The summed E-state index contributed by atoms with van der Waals surface area (Å²) in [7, 11) is 0. The molecule has 108 valence electrons. The van der Waals surface area contributed by atoms with Gasteiger partial charge in [0.05, 0.1) is 6.67 Å². The Labute approximate surface area is 113 Å². The average Bonchev–Trinajstić information content (AvgIpc) is 2.68. The number of carboxylic acid groups (broad SMARTS) is 1. The van der Waals surface area contributed by atoms with Crippen molar-refractivity contribution in [1.29, 1.82) is 0 Å². The number of amides is 1. The van der Waals surface area contributed by atoms with E-state index in [1.165, 1.54) is 0 Å². The summed E-state index contributed by atoms with van der Waals surface area (Å²) in [6, 6.07) is -0.171. The molecule has 0 aromatic heterocycles. The van der Waals surface area contributed by atoms with Crippen molar-refractivity contribution in [3.8, 4) is 0 Å². The Kier molecular flexibility index (Phi) is 3.71. The monoisotopic (exact) mass is 270 g/mol. The largest absolute Gasteiger partial charge is 0.480 e. The normalized spacial score (nSPS) is 28.1. The maximum absolute atomic E-state index is 12.0. The Bertz CT molecular complexity index is 377. The van der Waals surface area contributed by atoms with E-state index < -0.39 is 17.6 Å². The summed E-state index contributed by atoms with van der Waals surface area (Å²) in [6.45, 7) is 6.48. The van der Waals surface area contributed by atoms with Gasteiger partial charge in [0, 0.05) is 12.6 Å². The molecule has 2 rings (SSSR count). The van der Waals surface area contributed by atoms with Crippen molar-refractivity contribution in [2.75, 3.05) is 13.2 Å². The lowest BCUT2D eigenvalue weighted by Gasteiger charge is -2.39. The van der Waals surface area contributed by atoms with Crippen LogP contribution in [0, 0.1) is 0 Å². The highest BCUT2D eigenvalue weighted by Crippen LogP contribution is 2.30. The van der Waals surface area contributed by atoms with Crippen molar-refractivity contribution in [3.05, 3.63) is 0 Å². The fraction of sp³-hybridized carbons (Fsp3) is 0.846. The highest BCUT2D eigenvalue weighted by Gasteiger charge is 2.42. The molecule has 2 fully saturated rings. The molecule has 0 aromatic rings. The van der Waals surface area contributed by atoms with Gasteiger partial charge >= 0.3 is 12.1 Å². The Balaban J connectivity index is 1.99. The number of aliphatic carboxylic acids is 1. The quantitative estimate of drug-likeness (QED) is 0.782. The van der Waals surface area contributed by atoms with Crippen LogP contribution in [0.15, 0.2) is 0 Å². The van der Waals surface area contributed by atoms with Crippen LogP contribution < -0.4 is 0 Å². The fourth-order valence-corrected chi connectivity index (χ4v) is 2.77. The predicted octanol–water partition coefficient (Wildman–Crippen LogP) is 1.50. The topological polar surface area (TPSA) is 70.1 Å². The molecule has 0 bridgehead atoms. The molecule has 6 heteroatoms. The summed E-state index contributed by atoms with van der Waals surface area (Å²) in [5, 5.41) is 9.19. The molecule has 0 aromatic carbocycles. The van der Waals surface area contributed by atoms with Crippen molar-refractivity contribution in [3.63, 3.8) is 0 Å². The van der Waals surface area contributed by atoms with Gasteiger partial charge in [0.25, 0.3) is 0 Å². The highest BCUT2D eigenvalue weighted by atomic mass is 16.6.